The largest absolute Gasteiger partial charge is 0.397 e. The van der Waals surface area contributed by atoms with Crippen molar-refractivity contribution in [1.29, 1.82) is 0 Å². The molecule has 1 aliphatic carbocycles. The topological polar surface area (TPSA) is 58.4 Å². The molecule has 0 saturated heterocycles. The predicted octanol–water partition coefficient (Wildman–Crippen LogP) is 2.32. The Morgan fingerprint density at radius 1 is 1.56 bits per heavy atom. The van der Waals surface area contributed by atoms with Crippen molar-refractivity contribution in [2.24, 2.45) is 5.92 Å². The zero-order valence-electron chi connectivity index (χ0n) is 11.0. The Morgan fingerprint density at radius 3 is 2.83 bits per heavy atom. The lowest BCUT2D eigenvalue weighted by Gasteiger charge is -2.21. The number of thiophene rings is 1. The molecule has 2 rings (SSSR count). The standard InChI is InChI=1S/C13H21N3OS/c1-15-13(17)12-10(14)7-11(18-12)16(2)8-9-5-3-4-6-9/h7,9H,3-6,8,14H2,1-2H3,(H,15,17). The van der Waals surface area contributed by atoms with Crippen molar-refractivity contribution in [3.05, 3.63) is 10.9 Å². The normalized spacial score (nSPS) is 15.9. The lowest BCUT2D eigenvalue weighted by molar-refractivity contribution is 0.0968. The molecule has 3 N–H and O–H groups in total. The molecule has 1 aliphatic rings. The molecule has 1 fully saturated rings. The zero-order valence-corrected chi connectivity index (χ0v) is 11.8. The lowest BCUT2D eigenvalue weighted by atomic mass is 10.1. The predicted molar refractivity (Wildman–Crippen MR) is 77.3 cm³/mol. The first-order chi connectivity index (χ1) is 8.61. The van der Waals surface area contributed by atoms with Crippen LogP contribution in [0.2, 0.25) is 0 Å². The Labute approximate surface area is 112 Å². The Kier molecular flexibility index (Phi) is 4.11. The number of hydrogen-bond acceptors (Lipinski definition) is 4. The van der Waals surface area contributed by atoms with E-state index >= 15 is 0 Å². The number of anilines is 2. The van der Waals surface area contributed by atoms with Crippen LogP contribution < -0.4 is 16.0 Å². The number of nitrogens with one attached hydrogen (secondary N) is 1. The van der Waals surface area contributed by atoms with Gasteiger partial charge in [-0.25, -0.2) is 0 Å². The maximum Gasteiger partial charge on any atom is 0.263 e. The van der Waals surface area contributed by atoms with Gasteiger partial charge in [0.1, 0.15) is 4.88 Å². The van der Waals surface area contributed by atoms with Crippen molar-refractivity contribution >= 4 is 27.9 Å². The third kappa shape index (κ3) is 2.77. The number of amides is 1. The van der Waals surface area contributed by atoms with Crippen LogP contribution >= 0.6 is 11.3 Å². The highest BCUT2D eigenvalue weighted by Gasteiger charge is 2.20. The Hall–Kier alpha value is -1.23. The van der Waals surface area contributed by atoms with Crippen LogP contribution in [0.25, 0.3) is 0 Å². The average molecular weight is 267 g/mol. The summed E-state index contributed by atoms with van der Waals surface area (Å²) < 4.78 is 0. The monoisotopic (exact) mass is 267 g/mol. The SMILES string of the molecule is CNC(=O)c1sc(N(C)CC2CCCC2)cc1N. The molecule has 0 unspecified atom stereocenters. The van der Waals surface area contributed by atoms with Gasteiger partial charge in [-0.05, 0) is 24.8 Å². The van der Waals surface area contributed by atoms with Gasteiger partial charge in [0.05, 0.1) is 10.7 Å². The molecule has 0 bridgehead atoms. The van der Waals surface area contributed by atoms with Crippen LogP contribution in [-0.4, -0.2) is 26.5 Å². The van der Waals surface area contributed by atoms with Gasteiger partial charge in [-0.2, -0.15) is 0 Å². The van der Waals surface area contributed by atoms with Gasteiger partial charge in [0.2, 0.25) is 0 Å². The minimum atomic E-state index is -0.0991. The van der Waals surface area contributed by atoms with Crippen LogP contribution in [0, 0.1) is 5.92 Å². The fourth-order valence-electron chi connectivity index (χ4n) is 2.54. The highest BCUT2D eigenvalue weighted by Crippen LogP contribution is 2.33. The molecule has 5 heteroatoms. The number of carbonyl (C=O) groups is 1. The first-order valence-electron chi connectivity index (χ1n) is 6.44. The summed E-state index contributed by atoms with van der Waals surface area (Å²) in [5.74, 6) is 0.694. The van der Waals surface area contributed by atoms with Crippen LogP contribution in [-0.2, 0) is 0 Å². The molecule has 4 nitrogen and oxygen atoms in total. The van der Waals surface area contributed by atoms with Crippen molar-refractivity contribution in [2.75, 3.05) is 31.3 Å². The van der Waals surface area contributed by atoms with Crippen LogP contribution in [0.15, 0.2) is 6.07 Å². The van der Waals surface area contributed by atoms with E-state index in [0.717, 1.165) is 17.5 Å². The van der Waals surface area contributed by atoms with Gasteiger partial charge in [-0.15, -0.1) is 11.3 Å². The lowest BCUT2D eigenvalue weighted by Crippen LogP contribution is -2.23. The molecule has 1 aromatic rings. The molecule has 1 aromatic heterocycles. The fraction of sp³-hybridized carbons (Fsp3) is 0.615. The van der Waals surface area contributed by atoms with Gasteiger partial charge in [-0.1, -0.05) is 12.8 Å². The smallest absolute Gasteiger partial charge is 0.263 e. The van der Waals surface area contributed by atoms with E-state index in [4.69, 9.17) is 5.73 Å². The molecule has 100 valence electrons. The molecule has 0 aromatic carbocycles. The quantitative estimate of drug-likeness (QED) is 0.880. The molecule has 0 radical (unpaired) electrons. The number of carbonyl (C=O) groups excluding carboxylic acids is 1. The summed E-state index contributed by atoms with van der Waals surface area (Å²) in [6, 6.07) is 1.91. The second-order valence-electron chi connectivity index (χ2n) is 4.98. The number of nitrogen functional groups attached to an aromatic ring is 1. The summed E-state index contributed by atoms with van der Waals surface area (Å²) >= 11 is 1.47. The van der Waals surface area contributed by atoms with E-state index in [1.165, 1.54) is 37.0 Å². The van der Waals surface area contributed by atoms with Gasteiger partial charge in [-0.3, -0.25) is 4.79 Å². The van der Waals surface area contributed by atoms with Crippen molar-refractivity contribution < 1.29 is 4.79 Å². The van der Waals surface area contributed by atoms with E-state index in [9.17, 15) is 4.79 Å². The number of nitrogens with zero attached hydrogens (tertiary/aromatic N) is 1. The van der Waals surface area contributed by atoms with Gasteiger partial charge in [0, 0.05) is 20.6 Å². The van der Waals surface area contributed by atoms with E-state index in [2.05, 4.69) is 17.3 Å². The maximum absolute atomic E-state index is 11.6. The Balaban J connectivity index is 2.05. The minimum absolute atomic E-state index is 0.0991. The van der Waals surface area contributed by atoms with Crippen LogP contribution in [0.4, 0.5) is 10.7 Å². The summed E-state index contributed by atoms with van der Waals surface area (Å²) in [5.41, 5.74) is 6.46. The summed E-state index contributed by atoms with van der Waals surface area (Å²) in [6.07, 6.45) is 5.37. The van der Waals surface area contributed by atoms with Gasteiger partial charge in [0.15, 0.2) is 0 Å². The third-order valence-corrected chi connectivity index (χ3v) is 4.83. The molecule has 1 saturated carbocycles. The van der Waals surface area contributed by atoms with Crippen LogP contribution in [0.1, 0.15) is 35.4 Å². The number of hydrogen-bond donors (Lipinski definition) is 2. The van der Waals surface area contributed by atoms with Crippen molar-refractivity contribution in [3.63, 3.8) is 0 Å². The van der Waals surface area contributed by atoms with Gasteiger partial charge >= 0.3 is 0 Å². The molecule has 0 aliphatic heterocycles. The number of nitrogens with two attached hydrogens (primary N) is 1. The second-order valence-corrected chi connectivity index (χ2v) is 6.01. The summed E-state index contributed by atoms with van der Waals surface area (Å²) in [5, 5.41) is 3.70. The average Bonchev–Trinajstić information content (AvgIpc) is 2.97. The molecule has 1 heterocycles. The molecular formula is C13H21N3OS. The fourth-order valence-corrected chi connectivity index (χ4v) is 3.54. The summed E-state index contributed by atoms with van der Waals surface area (Å²) in [6.45, 7) is 1.06. The summed E-state index contributed by atoms with van der Waals surface area (Å²) in [4.78, 5) is 14.5. The van der Waals surface area contributed by atoms with Crippen molar-refractivity contribution in [2.45, 2.75) is 25.7 Å². The van der Waals surface area contributed by atoms with Gasteiger partial charge < -0.3 is 16.0 Å². The molecule has 0 spiro atoms. The molecule has 0 atom stereocenters. The highest BCUT2D eigenvalue weighted by molar-refractivity contribution is 7.18. The molecule has 1 amide bonds. The first kappa shape index (κ1) is 13.2. The maximum atomic E-state index is 11.6. The van der Waals surface area contributed by atoms with Crippen LogP contribution in [0.5, 0.6) is 0 Å². The van der Waals surface area contributed by atoms with E-state index in [1.54, 1.807) is 7.05 Å². The minimum Gasteiger partial charge on any atom is -0.397 e. The zero-order chi connectivity index (χ0) is 13.1. The van der Waals surface area contributed by atoms with Gasteiger partial charge in [0.25, 0.3) is 5.91 Å². The highest BCUT2D eigenvalue weighted by atomic mass is 32.1. The van der Waals surface area contributed by atoms with Crippen molar-refractivity contribution in [3.8, 4) is 0 Å². The third-order valence-electron chi connectivity index (χ3n) is 3.56. The first-order valence-corrected chi connectivity index (χ1v) is 7.26. The molecular weight excluding hydrogens is 246 g/mol. The van der Waals surface area contributed by atoms with E-state index in [0.29, 0.717) is 10.6 Å². The van der Waals surface area contributed by atoms with E-state index < -0.39 is 0 Å². The molecule has 18 heavy (non-hydrogen) atoms. The van der Waals surface area contributed by atoms with Crippen molar-refractivity contribution in [1.82, 2.24) is 5.32 Å². The second kappa shape index (κ2) is 5.61. The van der Waals surface area contributed by atoms with E-state index in [-0.39, 0.29) is 5.91 Å². The Bertz CT molecular complexity index is 424. The summed E-state index contributed by atoms with van der Waals surface area (Å²) in [7, 11) is 3.71. The van der Waals surface area contributed by atoms with Crippen LogP contribution in [0.3, 0.4) is 0 Å². The Morgan fingerprint density at radius 2 is 2.22 bits per heavy atom. The number of rotatable bonds is 4. The van der Waals surface area contributed by atoms with E-state index in [1.807, 2.05) is 6.07 Å².